The Balaban J connectivity index is 2.21. The molecule has 17 heavy (non-hydrogen) atoms. The zero-order valence-corrected chi connectivity index (χ0v) is 12.4. The van der Waals surface area contributed by atoms with E-state index in [1.165, 1.54) is 11.3 Å². The van der Waals surface area contributed by atoms with Gasteiger partial charge < -0.3 is 0 Å². The number of thiophene rings is 1. The molecule has 2 rings (SSSR count). The summed E-state index contributed by atoms with van der Waals surface area (Å²) in [5, 5.41) is 4.34. The highest BCUT2D eigenvalue weighted by molar-refractivity contribution is 9.10. The molecule has 90 valence electrons. The van der Waals surface area contributed by atoms with Crippen LogP contribution in [0.3, 0.4) is 0 Å². The largest absolute Gasteiger partial charge is 0.291 e. The number of rotatable bonds is 3. The van der Waals surface area contributed by atoms with Crippen molar-refractivity contribution in [2.45, 2.75) is 27.3 Å². The molecule has 5 heteroatoms. The smallest absolute Gasteiger partial charge is 0.194 e. The second kappa shape index (κ2) is 4.74. The molecule has 0 saturated heterocycles. The molecule has 0 N–H and O–H groups in total. The summed E-state index contributed by atoms with van der Waals surface area (Å²) in [6, 6.07) is 3.85. The van der Waals surface area contributed by atoms with Crippen LogP contribution in [0.4, 0.5) is 0 Å². The highest BCUT2D eigenvalue weighted by Gasteiger charge is 2.14. The Labute approximate surface area is 113 Å². The van der Waals surface area contributed by atoms with E-state index in [2.05, 4.69) is 21.0 Å². The van der Waals surface area contributed by atoms with Crippen LogP contribution in [0.15, 0.2) is 16.6 Å². The quantitative estimate of drug-likeness (QED) is 0.813. The first kappa shape index (κ1) is 12.5. The first-order chi connectivity index (χ1) is 7.99. The molecule has 0 atom stereocenters. The topological polar surface area (TPSA) is 34.9 Å². The van der Waals surface area contributed by atoms with Gasteiger partial charge in [0.05, 0.1) is 20.7 Å². The summed E-state index contributed by atoms with van der Waals surface area (Å²) in [6.45, 7) is 6.18. The molecular weight excluding hydrogens is 300 g/mol. The number of Topliss-reactive ketones (excluding diaryl/α,β-unsaturated/α-hetero) is 1. The minimum absolute atomic E-state index is 0.112. The number of carbonyl (C=O) groups excluding carboxylic acids is 1. The average Bonchev–Trinajstić information content (AvgIpc) is 2.80. The highest BCUT2D eigenvalue weighted by Crippen LogP contribution is 2.21. The molecule has 0 aliphatic carbocycles. The van der Waals surface area contributed by atoms with Crippen molar-refractivity contribution in [2.75, 3.05) is 0 Å². The maximum absolute atomic E-state index is 12.0. The van der Waals surface area contributed by atoms with E-state index in [4.69, 9.17) is 0 Å². The van der Waals surface area contributed by atoms with Gasteiger partial charge in [0, 0.05) is 4.88 Å². The van der Waals surface area contributed by atoms with Crippen molar-refractivity contribution >= 4 is 33.0 Å². The summed E-state index contributed by atoms with van der Waals surface area (Å²) in [6.07, 6.45) is 0. The van der Waals surface area contributed by atoms with E-state index < -0.39 is 0 Å². The van der Waals surface area contributed by atoms with Crippen molar-refractivity contribution in [3.8, 4) is 0 Å². The van der Waals surface area contributed by atoms with Crippen molar-refractivity contribution in [1.82, 2.24) is 9.78 Å². The van der Waals surface area contributed by atoms with Gasteiger partial charge in [-0.3, -0.25) is 9.48 Å². The summed E-state index contributed by atoms with van der Waals surface area (Å²) in [7, 11) is 0. The van der Waals surface area contributed by atoms with Crippen molar-refractivity contribution < 1.29 is 4.79 Å². The van der Waals surface area contributed by atoms with Crippen LogP contribution in [-0.2, 0) is 6.54 Å². The Morgan fingerprint density at radius 2 is 2.12 bits per heavy atom. The first-order valence-corrected chi connectivity index (χ1v) is 6.89. The molecule has 0 unspecified atom stereocenters. The lowest BCUT2D eigenvalue weighted by molar-refractivity contribution is 0.0970. The maximum atomic E-state index is 12.0. The number of ketones is 1. The zero-order valence-electron chi connectivity index (χ0n) is 9.95. The third-order valence-corrected chi connectivity index (χ3v) is 4.79. The van der Waals surface area contributed by atoms with Crippen LogP contribution >= 0.6 is 27.3 Å². The summed E-state index contributed by atoms with van der Waals surface area (Å²) in [4.78, 5) is 14.0. The third kappa shape index (κ3) is 2.50. The van der Waals surface area contributed by atoms with E-state index >= 15 is 0 Å². The van der Waals surface area contributed by atoms with Crippen LogP contribution in [0.2, 0.25) is 0 Å². The molecule has 0 bridgehead atoms. The van der Waals surface area contributed by atoms with Crippen LogP contribution in [0, 0.1) is 20.8 Å². The van der Waals surface area contributed by atoms with E-state index in [0.29, 0.717) is 6.54 Å². The van der Waals surface area contributed by atoms with Gasteiger partial charge in [0.15, 0.2) is 5.78 Å². The number of halogens is 1. The molecular formula is C12H13BrN2OS. The van der Waals surface area contributed by atoms with Crippen molar-refractivity contribution in [3.63, 3.8) is 0 Å². The van der Waals surface area contributed by atoms with Gasteiger partial charge >= 0.3 is 0 Å². The summed E-state index contributed by atoms with van der Waals surface area (Å²) in [5.74, 6) is 0.112. The second-order valence-corrected chi connectivity index (χ2v) is 6.06. The van der Waals surface area contributed by atoms with Crippen LogP contribution in [0.25, 0.3) is 0 Å². The molecule has 0 aliphatic rings. The van der Waals surface area contributed by atoms with E-state index in [1.807, 2.05) is 32.9 Å². The summed E-state index contributed by atoms with van der Waals surface area (Å²) < 4.78 is 2.73. The Morgan fingerprint density at radius 3 is 2.59 bits per heavy atom. The van der Waals surface area contributed by atoms with Gasteiger partial charge in [-0.25, -0.2) is 0 Å². The maximum Gasteiger partial charge on any atom is 0.194 e. The molecule has 3 nitrogen and oxygen atoms in total. The lowest BCUT2D eigenvalue weighted by atomic mass is 10.3. The number of hydrogen-bond acceptors (Lipinski definition) is 3. The predicted octanol–water partition coefficient (Wildman–Crippen LogP) is 3.52. The fourth-order valence-electron chi connectivity index (χ4n) is 1.63. The zero-order chi connectivity index (χ0) is 12.6. The van der Waals surface area contributed by atoms with Gasteiger partial charge in [0.2, 0.25) is 0 Å². The van der Waals surface area contributed by atoms with Crippen LogP contribution in [-0.4, -0.2) is 15.6 Å². The monoisotopic (exact) mass is 312 g/mol. The normalized spacial score (nSPS) is 10.8. The molecule has 0 aromatic carbocycles. The standard InChI is InChI=1S/C12H13BrN2OS/c1-7-4-5-11(17-7)10(16)6-15-9(3)12(13)8(2)14-15/h4-5H,6H2,1-3H3. The summed E-state index contributed by atoms with van der Waals surface area (Å²) >= 11 is 4.99. The molecule has 2 heterocycles. The number of nitrogens with zero attached hydrogens (tertiary/aromatic N) is 2. The van der Waals surface area contributed by atoms with E-state index in [9.17, 15) is 4.79 Å². The summed E-state index contributed by atoms with van der Waals surface area (Å²) in [5.41, 5.74) is 1.90. The van der Waals surface area contributed by atoms with E-state index in [-0.39, 0.29) is 5.78 Å². The van der Waals surface area contributed by atoms with Gasteiger partial charge in [0.25, 0.3) is 0 Å². The molecule has 0 aliphatic heterocycles. The van der Waals surface area contributed by atoms with Gasteiger partial charge in [-0.2, -0.15) is 5.10 Å². The molecule has 0 radical (unpaired) electrons. The van der Waals surface area contributed by atoms with Gasteiger partial charge in [-0.15, -0.1) is 11.3 Å². The number of aromatic nitrogens is 2. The SMILES string of the molecule is Cc1ccc(C(=O)Cn2nc(C)c(Br)c2C)s1. The number of hydrogen-bond donors (Lipinski definition) is 0. The van der Waals surface area contributed by atoms with E-state index in [1.54, 1.807) is 4.68 Å². The lowest BCUT2D eigenvalue weighted by Crippen LogP contribution is -2.11. The minimum Gasteiger partial charge on any atom is -0.291 e. The van der Waals surface area contributed by atoms with Gasteiger partial charge in [-0.05, 0) is 48.8 Å². The Hall–Kier alpha value is -0.940. The number of carbonyl (C=O) groups is 1. The Bertz CT molecular complexity index is 571. The first-order valence-electron chi connectivity index (χ1n) is 5.28. The molecule has 0 amide bonds. The van der Waals surface area contributed by atoms with Crippen molar-refractivity contribution in [1.29, 1.82) is 0 Å². The minimum atomic E-state index is 0.112. The molecule has 0 saturated carbocycles. The molecule has 2 aromatic rings. The molecule has 2 aromatic heterocycles. The van der Waals surface area contributed by atoms with Crippen molar-refractivity contribution in [3.05, 3.63) is 37.7 Å². The van der Waals surface area contributed by atoms with Gasteiger partial charge in [0.1, 0.15) is 6.54 Å². The third-order valence-electron chi connectivity index (χ3n) is 2.60. The predicted molar refractivity (Wildman–Crippen MR) is 72.8 cm³/mol. The number of aryl methyl sites for hydroxylation is 2. The lowest BCUT2D eigenvalue weighted by Gasteiger charge is -2.02. The molecule has 0 spiro atoms. The van der Waals surface area contributed by atoms with E-state index in [0.717, 1.165) is 25.6 Å². The highest BCUT2D eigenvalue weighted by atomic mass is 79.9. The second-order valence-electron chi connectivity index (χ2n) is 3.98. The molecule has 0 fully saturated rings. The van der Waals surface area contributed by atoms with Crippen LogP contribution in [0.1, 0.15) is 25.9 Å². The fourth-order valence-corrected chi connectivity index (χ4v) is 2.71. The van der Waals surface area contributed by atoms with Gasteiger partial charge in [-0.1, -0.05) is 0 Å². The van der Waals surface area contributed by atoms with Crippen LogP contribution < -0.4 is 0 Å². The average molecular weight is 313 g/mol. The van der Waals surface area contributed by atoms with Crippen molar-refractivity contribution in [2.24, 2.45) is 0 Å². The fraction of sp³-hybridized carbons (Fsp3) is 0.333. The Kier molecular flexibility index (Phi) is 3.49. The van der Waals surface area contributed by atoms with Crippen LogP contribution in [0.5, 0.6) is 0 Å². The Morgan fingerprint density at radius 1 is 1.41 bits per heavy atom.